The Bertz CT molecular complexity index is 480. The van der Waals surface area contributed by atoms with Crippen molar-refractivity contribution in [1.82, 2.24) is 9.78 Å². The number of hydrogen-bond acceptors (Lipinski definition) is 4. The molecule has 0 saturated heterocycles. The molecule has 0 amide bonds. The molecular formula is C14H22N4S. The van der Waals surface area contributed by atoms with Crippen LogP contribution < -0.4 is 5.32 Å². The molecule has 0 spiro atoms. The van der Waals surface area contributed by atoms with Gasteiger partial charge in [-0.25, -0.2) is 0 Å². The Kier molecular flexibility index (Phi) is 3.82. The first kappa shape index (κ1) is 13.0. The fraction of sp³-hybridized carbons (Fsp3) is 0.714. The Hall–Kier alpha value is -0.970. The van der Waals surface area contributed by atoms with E-state index in [0.29, 0.717) is 6.04 Å². The number of fused-ring (bicyclic) bond motifs is 1. The smallest absolute Gasteiger partial charge is 0.161 e. The quantitative estimate of drug-likeness (QED) is 0.904. The van der Waals surface area contributed by atoms with Crippen molar-refractivity contribution in [2.75, 3.05) is 11.1 Å². The number of nitrogens with one attached hydrogen (secondary N) is 1. The van der Waals surface area contributed by atoms with Crippen molar-refractivity contribution < 1.29 is 0 Å². The van der Waals surface area contributed by atoms with E-state index < -0.39 is 0 Å². The van der Waals surface area contributed by atoms with E-state index in [1.54, 1.807) is 0 Å². The van der Waals surface area contributed by atoms with Gasteiger partial charge in [-0.05, 0) is 25.2 Å². The van der Waals surface area contributed by atoms with E-state index in [1.165, 1.54) is 31.4 Å². The van der Waals surface area contributed by atoms with Crippen LogP contribution in [0.15, 0.2) is 11.2 Å². The molecule has 1 aliphatic carbocycles. The van der Waals surface area contributed by atoms with Gasteiger partial charge in [0.1, 0.15) is 0 Å². The molecule has 2 heterocycles. The minimum Gasteiger partial charge on any atom is -0.332 e. The van der Waals surface area contributed by atoms with Gasteiger partial charge in [0.2, 0.25) is 0 Å². The topological polar surface area (TPSA) is 42.2 Å². The van der Waals surface area contributed by atoms with Crippen LogP contribution in [-0.2, 0) is 13.5 Å². The van der Waals surface area contributed by atoms with Crippen LogP contribution in [0.2, 0.25) is 0 Å². The number of aryl methyl sites for hydroxylation is 2. The lowest BCUT2D eigenvalue weighted by molar-refractivity contribution is 0.336. The minimum absolute atomic E-state index is 0.555. The van der Waals surface area contributed by atoms with Crippen LogP contribution in [0.4, 0.5) is 5.69 Å². The highest BCUT2D eigenvalue weighted by molar-refractivity contribution is 8.14. The van der Waals surface area contributed by atoms with Gasteiger partial charge in [-0.3, -0.25) is 9.67 Å². The molecule has 1 aromatic heterocycles. The molecule has 19 heavy (non-hydrogen) atoms. The molecule has 5 heteroatoms. The van der Waals surface area contributed by atoms with Gasteiger partial charge in [-0.2, -0.15) is 5.10 Å². The highest BCUT2D eigenvalue weighted by Gasteiger charge is 2.29. The van der Waals surface area contributed by atoms with Crippen LogP contribution >= 0.6 is 11.8 Å². The SMILES string of the molecule is CCc1nn(C)cc1NC1=NC2CCCCC2CS1. The molecule has 1 saturated carbocycles. The molecule has 1 fully saturated rings. The number of amidine groups is 1. The lowest BCUT2D eigenvalue weighted by Gasteiger charge is -2.32. The van der Waals surface area contributed by atoms with Gasteiger partial charge < -0.3 is 5.32 Å². The molecule has 1 aromatic rings. The van der Waals surface area contributed by atoms with E-state index in [4.69, 9.17) is 4.99 Å². The van der Waals surface area contributed by atoms with Crippen molar-refractivity contribution in [1.29, 1.82) is 0 Å². The monoisotopic (exact) mass is 278 g/mol. The second-order valence-corrected chi connectivity index (χ2v) is 6.51. The number of nitrogens with zero attached hydrogens (tertiary/aromatic N) is 3. The minimum atomic E-state index is 0.555. The number of thioether (sulfide) groups is 1. The summed E-state index contributed by atoms with van der Waals surface area (Å²) in [4.78, 5) is 4.92. The molecule has 1 N–H and O–H groups in total. The molecule has 2 unspecified atom stereocenters. The predicted molar refractivity (Wildman–Crippen MR) is 81.8 cm³/mol. The van der Waals surface area contributed by atoms with Crippen LogP contribution in [-0.4, -0.2) is 26.7 Å². The van der Waals surface area contributed by atoms with Gasteiger partial charge in [0.15, 0.2) is 5.17 Å². The van der Waals surface area contributed by atoms with Crippen molar-refractivity contribution in [2.24, 2.45) is 18.0 Å². The molecule has 2 aliphatic rings. The number of aliphatic imine (C=N–C) groups is 1. The van der Waals surface area contributed by atoms with Crippen molar-refractivity contribution in [3.05, 3.63) is 11.9 Å². The number of rotatable bonds is 2. The van der Waals surface area contributed by atoms with E-state index in [1.807, 2.05) is 23.5 Å². The fourth-order valence-corrected chi connectivity index (χ4v) is 4.16. The van der Waals surface area contributed by atoms with Crippen LogP contribution in [0.3, 0.4) is 0 Å². The van der Waals surface area contributed by atoms with E-state index in [9.17, 15) is 0 Å². The summed E-state index contributed by atoms with van der Waals surface area (Å²) in [6, 6.07) is 0.555. The molecule has 1 aliphatic heterocycles. The lowest BCUT2D eigenvalue weighted by atomic mass is 9.86. The van der Waals surface area contributed by atoms with Crippen LogP contribution in [0.25, 0.3) is 0 Å². The van der Waals surface area contributed by atoms with Crippen molar-refractivity contribution in [3.8, 4) is 0 Å². The second-order valence-electron chi connectivity index (χ2n) is 5.50. The summed E-state index contributed by atoms with van der Waals surface area (Å²) in [6.07, 6.45) is 8.37. The van der Waals surface area contributed by atoms with Gasteiger partial charge in [0.05, 0.1) is 17.4 Å². The summed E-state index contributed by atoms with van der Waals surface area (Å²) in [5.41, 5.74) is 2.24. The number of hydrogen-bond donors (Lipinski definition) is 1. The predicted octanol–water partition coefficient (Wildman–Crippen LogP) is 3.06. The summed E-state index contributed by atoms with van der Waals surface area (Å²) in [5, 5.41) is 9.04. The third kappa shape index (κ3) is 2.81. The maximum Gasteiger partial charge on any atom is 0.161 e. The van der Waals surface area contributed by atoms with E-state index >= 15 is 0 Å². The third-order valence-electron chi connectivity index (χ3n) is 4.07. The highest BCUT2D eigenvalue weighted by Crippen LogP contribution is 2.34. The Morgan fingerprint density at radius 2 is 2.26 bits per heavy atom. The van der Waals surface area contributed by atoms with Crippen molar-refractivity contribution in [3.63, 3.8) is 0 Å². The molecule has 2 atom stereocenters. The van der Waals surface area contributed by atoms with Crippen molar-refractivity contribution in [2.45, 2.75) is 45.1 Å². The molecule has 0 bridgehead atoms. The first-order chi connectivity index (χ1) is 9.26. The summed E-state index contributed by atoms with van der Waals surface area (Å²) >= 11 is 1.87. The molecule has 0 radical (unpaired) electrons. The molecule has 4 nitrogen and oxygen atoms in total. The van der Waals surface area contributed by atoms with E-state index in [-0.39, 0.29) is 0 Å². The Morgan fingerprint density at radius 1 is 1.42 bits per heavy atom. The van der Waals surface area contributed by atoms with Crippen LogP contribution in [0.1, 0.15) is 38.3 Å². The Morgan fingerprint density at radius 3 is 3.11 bits per heavy atom. The maximum atomic E-state index is 4.92. The van der Waals surface area contributed by atoms with Gasteiger partial charge >= 0.3 is 0 Å². The maximum absolute atomic E-state index is 4.92. The molecule has 0 aromatic carbocycles. The van der Waals surface area contributed by atoms with Gasteiger partial charge in [0.25, 0.3) is 0 Å². The van der Waals surface area contributed by atoms with E-state index in [2.05, 4.69) is 23.5 Å². The van der Waals surface area contributed by atoms with E-state index in [0.717, 1.165) is 28.9 Å². The summed E-state index contributed by atoms with van der Waals surface area (Å²) in [7, 11) is 1.97. The van der Waals surface area contributed by atoms with Crippen LogP contribution in [0, 0.1) is 5.92 Å². The number of anilines is 1. The van der Waals surface area contributed by atoms with Gasteiger partial charge in [-0.15, -0.1) is 0 Å². The third-order valence-corrected chi connectivity index (χ3v) is 5.14. The van der Waals surface area contributed by atoms with Gasteiger partial charge in [0, 0.05) is 19.0 Å². The zero-order chi connectivity index (χ0) is 13.2. The summed E-state index contributed by atoms with van der Waals surface area (Å²) in [6.45, 7) is 2.14. The summed E-state index contributed by atoms with van der Waals surface area (Å²) in [5.74, 6) is 2.03. The molecular weight excluding hydrogens is 256 g/mol. The Balaban J connectivity index is 1.74. The normalized spacial score (nSPS) is 26.7. The number of aromatic nitrogens is 2. The average Bonchev–Trinajstić information content (AvgIpc) is 2.78. The second kappa shape index (κ2) is 5.57. The highest BCUT2D eigenvalue weighted by atomic mass is 32.2. The first-order valence-corrected chi connectivity index (χ1v) is 8.25. The largest absolute Gasteiger partial charge is 0.332 e. The average molecular weight is 278 g/mol. The van der Waals surface area contributed by atoms with Crippen molar-refractivity contribution >= 4 is 22.6 Å². The molecule has 104 valence electrons. The Labute approximate surface area is 119 Å². The molecule has 3 rings (SSSR count). The zero-order valence-corrected chi connectivity index (χ0v) is 12.5. The van der Waals surface area contributed by atoms with Gasteiger partial charge in [-0.1, -0.05) is 31.5 Å². The standard InChI is InChI=1S/C14H22N4S/c1-3-11-13(8-18(2)17-11)16-14-15-12-7-5-4-6-10(12)9-19-14/h8,10,12H,3-7,9H2,1-2H3,(H,15,16). The van der Waals surface area contributed by atoms with Crippen LogP contribution in [0.5, 0.6) is 0 Å². The summed E-state index contributed by atoms with van der Waals surface area (Å²) < 4.78 is 1.87. The lowest BCUT2D eigenvalue weighted by Crippen LogP contribution is -2.31. The fourth-order valence-electron chi connectivity index (χ4n) is 3.01. The zero-order valence-electron chi connectivity index (χ0n) is 11.7. The first-order valence-electron chi connectivity index (χ1n) is 7.26.